The van der Waals surface area contributed by atoms with E-state index < -0.39 is 0 Å². The number of halogens is 1. The quantitative estimate of drug-likeness (QED) is 0.319. The second kappa shape index (κ2) is 12.7. The monoisotopic (exact) mass is 531 g/mol. The molecule has 0 amide bonds. The molecule has 0 aliphatic carbocycles. The lowest BCUT2D eigenvalue weighted by atomic mass is 10.1. The molecular formula is C22H38IN5O2. The van der Waals surface area contributed by atoms with Crippen LogP contribution in [0.4, 0.5) is 0 Å². The summed E-state index contributed by atoms with van der Waals surface area (Å²) >= 11 is 0. The van der Waals surface area contributed by atoms with E-state index in [1.165, 1.54) is 5.56 Å². The van der Waals surface area contributed by atoms with Crippen LogP contribution in [0.5, 0.6) is 5.75 Å². The lowest BCUT2D eigenvalue weighted by Crippen LogP contribution is -2.55. The third-order valence-electron chi connectivity index (χ3n) is 5.83. The number of aliphatic imine (C=N–C) groups is 1. The summed E-state index contributed by atoms with van der Waals surface area (Å²) in [5, 5.41) is 6.91. The molecule has 0 bridgehead atoms. The number of likely N-dealkylation sites (N-methyl/N-ethyl adjacent to an activating group) is 2. The minimum Gasteiger partial charge on any atom is -0.491 e. The van der Waals surface area contributed by atoms with Gasteiger partial charge in [0.2, 0.25) is 0 Å². The average molecular weight is 531 g/mol. The van der Waals surface area contributed by atoms with E-state index in [1.807, 2.05) is 7.05 Å². The Hall–Kier alpha value is -1.10. The van der Waals surface area contributed by atoms with Gasteiger partial charge in [0.1, 0.15) is 12.4 Å². The van der Waals surface area contributed by atoms with Gasteiger partial charge in [0, 0.05) is 58.0 Å². The fourth-order valence-corrected chi connectivity index (χ4v) is 3.84. The van der Waals surface area contributed by atoms with Gasteiger partial charge in [-0.2, -0.15) is 0 Å². The van der Waals surface area contributed by atoms with Gasteiger partial charge >= 0.3 is 0 Å². The van der Waals surface area contributed by atoms with Crippen LogP contribution in [0, 0.1) is 6.92 Å². The van der Waals surface area contributed by atoms with Crippen molar-refractivity contribution in [1.82, 2.24) is 20.4 Å². The largest absolute Gasteiger partial charge is 0.491 e. The van der Waals surface area contributed by atoms with Crippen molar-refractivity contribution in [3.05, 3.63) is 29.3 Å². The van der Waals surface area contributed by atoms with Crippen LogP contribution in [-0.4, -0.2) is 88.4 Å². The second-order valence-corrected chi connectivity index (χ2v) is 8.26. The Kier molecular flexibility index (Phi) is 10.6. The van der Waals surface area contributed by atoms with E-state index in [0.29, 0.717) is 19.2 Å². The van der Waals surface area contributed by atoms with Gasteiger partial charge in [-0.05, 0) is 45.5 Å². The van der Waals surface area contributed by atoms with Crippen LogP contribution in [0.15, 0.2) is 23.2 Å². The van der Waals surface area contributed by atoms with Crippen molar-refractivity contribution in [3.8, 4) is 5.75 Å². The zero-order chi connectivity index (χ0) is 20.6. The van der Waals surface area contributed by atoms with E-state index in [4.69, 9.17) is 9.47 Å². The van der Waals surface area contributed by atoms with Crippen molar-refractivity contribution in [3.63, 3.8) is 0 Å². The Morgan fingerprint density at radius 2 is 2.10 bits per heavy atom. The van der Waals surface area contributed by atoms with Crippen molar-refractivity contribution >= 4 is 29.9 Å². The summed E-state index contributed by atoms with van der Waals surface area (Å²) in [5.41, 5.74) is 2.33. The van der Waals surface area contributed by atoms with Crippen LogP contribution in [0.3, 0.4) is 0 Å². The Labute approximate surface area is 198 Å². The number of hydrogen-bond donors (Lipinski definition) is 2. The van der Waals surface area contributed by atoms with Gasteiger partial charge < -0.3 is 25.0 Å². The maximum Gasteiger partial charge on any atom is 0.191 e. The van der Waals surface area contributed by atoms with E-state index >= 15 is 0 Å². The van der Waals surface area contributed by atoms with Crippen LogP contribution in [0.25, 0.3) is 0 Å². The first-order chi connectivity index (χ1) is 14.0. The van der Waals surface area contributed by atoms with Gasteiger partial charge in [-0.25, -0.2) is 0 Å². The lowest BCUT2D eigenvalue weighted by Gasteiger charge is -2.37. The van der Waals surface area contributed by atoms with Crippen molar-refractivity contribution in [2.24, 2.45) is 4.99 Å². The SMILES string of the molecule is CN=C(NCc1ccc(C)cc1OCC1CCCO1)NCC1CN(C)CCN1C.I. The number of aryl methyl sites for hydroxylation is 1. The van der Waals surface area contributed by atoms with Crippen molar-refractivity contribution < 1.29 is 9.47 Å². The van der Waals surface area contributed by atoms with Crippen molar-refractivity contribution in [2.75, 3.05) is 60.5 Å². The van der Waals surface area contributed by atoms with E-state index in [9.17, 15) is 0 Å². The third kappa shape index (κ3) is 7.55. The van der Waals surface area contributed by atoms with Crippen LogP contribution < -0.4 is 15.4 Å². The molecule has 2 heterocycles. The van der Waals surface area contributed by atoms with Gasteiger partial charge in [0.25, 0.3) is 0 Å². The van der Waals surface area contributed by atoms with Crippen LogP contribution in [0.2, 0.25) is 0 Å². The Balaban J connectivity index is 0.00000320. The van der Waals surface area contributed by atoms with Gasteiger partial charge in [0.05, 0.1) is 6.10 Å². The fourth-order valence-electron chi connectivity index (χ4n) is 3.84. The molecule has 0 aromatic heterocycles. The first-order valence-electron chi connectivity index (χ1n) is 10.7. The van der Waals surface area contributed by atoms with Crippen molar-refractivity contribution in [1.29, 1.82) is 0 Å². The highest BCUT2D eigenvalue weighted by molar-refractivity contribution is 14.0. The molecule has 30 heavy (non-hydrogen) atoms. The van der Waals surface area contributed by atoms with E-state index in [0.717, 1.165) is 62.9 Å². The smallest absolute Gasteiger partial charge is 0.191 e. The molecule has 2 aliphatic rings. The lowest BCUT2D eigenvalue weighted by molar-refractivity contribution is 0.0676. The normalized spacial score (nSPS) is 23.1. The Morgan fingerprint density at radius 3 is 2.83 bits per heavy atom. The predicted octanol–water partition coefficient (Wildman–Crippen LogP) is 2.08. The summed E-state index contributed by atoms with van der Waals surface area (Å²) < 4.78 is 11.8. The highest BCUT2D eigenvalue weighted by atomic mass is 127. The highest BCUT2D eigenvalue weighted by Gasteiger charge is 2.22. The summed E-state index contributed by atoms with van der Waals surface area (Å²) in [6.45, 7) is 8.40. The zero-order valence-corrected chi connectivity index (χ0v) is 21.1. The van der Waals surface area contributed by atoms with Gasteiger partial charge in [-0.15, -0.1) is 24.0 Å². The average Bonchev–Trinajstić information content (AvgIpc) is 3.23. The second-order valence-electron chi connectivity index (χ2n) is 8.26. The highest BCUT2D eigenvalue weighted by Crippen LogP contribution is 2.22. The molecule has 2 atom stereocenters. The summed E-state index contributed by atoms with van der Waals surface area (Å²) in [4.78, 5) is 9.18. The molecule has 7 nitrogen and oxygen atoms in total. The number of ether oxygens (including phenoxy) is 2. The number of rotatable bonds is 7. The number of piperazine rings is 1. The molecule has 0 saturated carbocycles. The summed E-state index contributed by atoms with van der Waals surface area (Å²) in [6, 6.07) is 6.84. The molecular weight excluding hydrogens is 493 g/mol. The molecule has 2 N–H and O–H groups in total. The Bertz CT molecular complexity index is 681. The predicted molar refractivity (Wildman–Crippen MR) is 133 cm³/mol. The molecule has 8 heteroatoms. The molecule has 1 aromatic rings. The molecule has 0 radical (unpaired) electrons. The molecule has 1 aromatic carbocycles. The molecule has 2 fully saturated rings. The number of nitrogens with one attached hydrogen (secondary N) is 2. The summed E-state index contributed by atoms with van der Waals surface area (Å²) in [5.74, 6) is 1.74. The number of benzene rings is 1. The maximum absolute atomic E-state index is 6.11. The first kappa shape index (κ1) is 25.2. The minimum absolute atomic E-state index is 0. The molecule has 2 unspecified atom stereocenters. The molecule has 2 aliphatic heterocycles. The first-order valence-corrected chi connectivity index (χ1v) is 10.7. The molecule has 170 valence electrons. The van der Waals surface area contributed by atoms with Crippen LogP contribution >= 0.6 is 24.0 Å². The van der Waals surface area contributed by atoms with Gasteiger partial charge in [-0.1, -0.05) is 12.1 Å². The van der Waals surface area contributed by atoms with E-state index in [2.05, 4.69) is 64.6 Å². The Morgan fingerprint density at radius 1 is 1.27 bits per heavy atom. The van der Waals surface area contributed by atoms with E-state index in [1.54, 1.807) is 0 Å². The topological polar surface area (TPSA) is 61.4 Å². The third-order valence-corrected chi connectivity index (χ3v) is 5.83. The number of nitrogens with zero attached hydrogens (tertiary/aromatic N) is 3. The zero-order valence-electron chi connectivity index (χ0n) is 18.8. The molecule has 0 spiro atoms. The van der Waals surface area contributed by atoms with Crippen molar-refractivity contribution in [2.45, 2.75) is 38.5 Å². The van der Waals surface area contributed by atoms with Crippen LogP contribution in [-0.2, 0) is 11.3 Å². The summed E-state index contributed by atoms with van der Waals surface area (Å²) in [7, 11) is 6.19. The summed E-state index contributed by atoms with van der Waals surface area (Å²) in [6.07, 6.45) is 2.43. The van der Waals surface area contributed by atoms with Crippen LogP contribution in [0.1, 0.15) is 24.0 Å². The maximum atomic E-state index is 6.11. The number of guanidine groups is 1. The standard InChI is InChI=1S/C22H37N5O2.HI/c1-17-7-8-18(21(12-17)29-16-20-6-5-11-28-20)13-24-22(23-2)25-14-19-15-26(3)9-10-27(19)4;/h7-8,12,19-20H,5-6,9-11,13-16H2,1-4H3,(H2,23,24,25);1H. The molecule has 2 saturated heterocycles. The fraction of sp³-hybridized carbons (Fsp3) is 0.682. The molecule has 3 rings (SSSR count). The number of hydrogen-bond acceptors (Lipinski definition) is 5. The minimum atomic E-state index is 0. The van der Waals surface area contributed by atoms with Gasteiger partial charge in [0.15, 0.2) is 5.96 Å². The van der Waals surface area contributed by atoms with Gasteiger partial charge in [-0.3, -0.25) is 9.89 Å². The van der Waals surface area contributed by atoms with E-state index in [-0.39, 0.29) is 30.1 Å².